The minimum absolute atomic E-state index is 0.0149. The van der Waals surface area contributed by atoms with Crippen LogP contribution in [0.25, 0.3) is 0 Å². The highest BCUT2D eigenvalue weighted by molar-refractivity contribution is 6.28. The molecular formula is C22H28ClFN6O3. The van der Waals surface area contributed by atoms with E-state index >= 15 is 4.39 Å². The molecule has 0 spiro atoms. The van der Waals surface area contributed by atoms with E-state index in [0.29, 0.717) is 23.9 Å². The zero-order valence-electron chi connectivity index (χ0n) is 18.5. The monoisotopic (exact) mass is 478 g/mol. The van der Waals surface area contributed by atoms with Gasteiger partial charge in [0, 0.05) is 26.0 Å². The number of amides is 2. The average molecular weight is 479 g/mol. The van der Waals surface area contributed by atoms with E-state index in [1.807, 2.05) is 12.1 Å². The van der Waals surface area contributed by atoms with E-state index in [2.05, 4.69) is 20.3 Å². The normalized spacial score (nSPS) is 14.7. The van der Waals surface area contributed by atoms with E-state index in [1.165, 1.54) is 0 Å². The van der Waals surface area contributed by atoms with E-state index in [9.17, 15) is 14.8 Å². The van der Waals surface area contributed by atoms with Gasteiger partial charge in [0.1, 0.15) is 5.69 Å². The van der Waals surface area contributed by atoms with Crippen molar-refractivity contribution in [3.05, 3.63) is 46.9 Å². The lowest BCUT2D eigenvalue weighted by molar-refractivity contribution is -0.155. The average Bonchev–Trinajstić information content (AvgIpc) is 3.32. The van der Waals surface area contributed by atoms with Crippen LogP contribution in [0.1, 0.15) is 43.4 Å². The van der Waals surface area contributed by atoms with Gasteiger partial charge in [-0.05, 0) is 41.6 Å². The van der Waals surface area contributed by atoms with Crippen molar-refractivity contribution in [1.29, 1.82) is 0 Å². The van der Waals surface area contributed by atoms with Crippen LogP contribution in [0.2, 0.25) is 5.28 Å². The molecule has 1 aliphatic rings. The number of rotatable bonds is 11. The summed E-state index contributed by atoms with van der Waals surface area (Å²) in [6, 6.07) is 3.62. The second kappa shape index (κ2) is 11.9. The predicted molar refractivity (Wildman–Crippen MR) is 120 cm³/mol. The Kier molecular flexibility index (Phi) is 8.90. The van der Waals surface area contributed by atoms with Gasteiger partial charge in [-0.2, -0.15) is 4.98 Å². The Hall–Kier alpha value is -2.85. The van der Waals surface area contributed by atoms with Crippen LogP contribution in [0.15, 0.2) is 24.5 Å². The van der Waals surface area contributed by atoms with E-state index < -0.39 is 11.7 Å². The lowest BCUT2D eigenvalue weighted by atomic mass is 9.92. The summed E-state index contributed by atoms with van der Waals surface area (Å²) in [5.41, 5.74) is 0.866. The number of nitrogens with one attached hydrogen (secondary N) is 1. The van der Waals surface area contributed by atoms with Crippen molar-refractivity contribution >= 4 is 29.7 Å². The summed E-state index contributed by atoms with van der Waals surface area (Å²) in [4.78, 5) is 37.2. The number of carbonyl (C=O) groups excluding carboxylic acids is 2. The van der Waals surface area contributed by atoms with Gasteiger partial charge in [-0.15, -0.1) is 0 Å². The molecule has 3 rings (SSSR count). The third kappa shape index (κ3) is 7.06. The molecule has 0 radical (unpaired) electrons. The van der Waals surface area contributed by atoms with Crippen LogP contribution < -0.4 is 10.2 Å². The maximum atomic E-state index is 15.2. The van der Waals surface area contributed by atoms with Crippen molar-refractivity contribution in [2.45, 2.75) is 45.2 Å². The van der Waals surface area contributed by atoms with Gasteiger partial charge in [-0.25, -0.2) is 14.4 Å². The van der Waals surface area contributed by atoms with Crippen molar-refractivity contribution in [3.63, 3.8) is 0 Å². The fourth-order valence-electron chi connectivity index (χ4n) is 4.15. The first-order valence-corrected chi connectivity index (χ1v) is 11.3. The Labute approximate surface area is 196 Å². The summed E-state index contributed by atoms with van der Waals surface area (Å²) in [5.74, 6) is -1.30. The van der Waals surface area contributed by atoms with Gasteiger partial charge in [0.2, 0.25) is 17.6 Å². The zero-order chi connectivity index (χ0) is 23.8. The molecule has 0 aromatic carbocycles. The second-order valence-electron chi connectivity index (χ2n) is 8.32. The molecule has 0 aliphatic heterocycles. The number of aromatic nitrogens is 3. The Morgan fingerprint density at radius 1 is 1.33 bits per heavy atom. The molecule has 2 aromatic heterocycles. The van der Waals surface area contributed by atoms with Gasteiger partial charge in [-0.3, -0.25) is 19.8 Å². The molecule has 2 aromatic rings. The maximum absolute atomic E-state index is 15.2. The van der Waals surface area contributed by atoms with Gasteiger partial charge in [0.25, 0.3) is 0 Å². The van der Waals surface area contributed by atoms with Crippen LogP contribution in [0, 0.1) is 17.7 Å². The van der Waals surface area contributed by atoms with Crippen molar-refractivity contribution in [1.82, 2.24) is 25.3 Å². The van der Waals surface area contributed by atoms with Crippen molar-refractivity contribution < 1.29 is 19.2 Å². The minimum Gasteiger partial charge on any atom is -0.353 e. The Morgan fingerprint density at radius 2 is 2.03 bits per heavy atom. The highest BCUT2D eigenvalue weighted by Crippen LogP contribution is 2.30. The van der Waals surface area contributed by atoms with E-state index in [-0.39, 0.29) is 42.2 Å². The fraction of sp³-hybridized carbons (Fsp3) is 0.500. The molecule has 33 heavy (non-hydrogen) atoms. The smallest absolute Gasteiger partial charge is 0.233 e. The number of halogens is 2. The predicted octanol–water partition coefficient (Wildman–Crippen LogP) is 2.96. The zero-order valence-corrected chi connectivity index (χ0v) is 19.2. The van der Waals surface area contributed by atoms with Gasteiger partial charge < -0.3 is 10.2 Å². The van der Waals surface area contributed by atoms with Crippen LogP contribution >= 0.6 is 11.6 Å². The van der Waals surface area contributed by atoms with Gasteiger partial charge in [-0.1, -0.05) is 25.7 Å². The minimum atomic E-state index is -0.680. The number of nitrogens with zero attached hydrogens (tertiary/aromatic N) is 5. The summed E-state index contributed by atoms with van der Waals surface area (Å²) >= 11 is 6.03. The number of anilines is 1. The lowest BCUT2D eigenvalue weighted by Crippen LogP contribution is -2.38. The molecule has 1 fully saturated rings. The summed E-state index contributed by atoms with van der Waals surface area (Å²) in [7, 11) is 1.68. The van der Waals surface area contributed by atoms with E-state index in [1.54, 1.807) is 24.3 Å². The van der Waals surface area contributed by atoms with Gasteiger partial charge in [0.05, 0.1) is 19.0 Å². The number of hydrogen-bond donors (Lipinski definition) is 2. The first-order valence-electron chi connectivity index (χ1n) is 10.9. The molecule has 11 heteroatoms. The molecule has 1 saturated carbocycles. The number of hydrogen-bond acceptors (Lipinski definition) is 7. The molecule has 0 saturated heterocycles. The second-order valence-corrected chi connectivity index (χ2v) is 8.65. The van der Waals surface area contributed by atoms with Crippen molar-refractivity contribution in [2.75, 3.05) is 18.5 Å². The molecule has 1 atom stereocenters. The lowest BCUT2D eigenvalue weighted by Gasteiger charge is -2.23. The van der Waals surface area contributed by atoms with Crippen LogP contribution in [0.3, 0.4) is 0 Å². The molecular weight excluding hydrogens is 451 g/mol. The van der Waals surface area contributed by atoms with Crippen molar-refractivity contribution in [3.8, 4) is 0 Å². The molecule has 1 aliphatic carbocycles. The summed E-state index contributed by atoms with van der Waals surface area (Å²) in [5, 5.41) is 12.6. The molecule has 178 valence electrons. The fourth-order valence-corrected chi connectivity index (χ4v) is 4.34. The summed E-state index contributed by atoms with van der Waals surface area (Å²) < 4.78 is 15.2. The number of carbonyl (C=O) groups is 2. The number of hydroxylamine groups is 2. The van der Waals surface area contributed by atoms with E-state index in [4.69, 9.17) is 11.6 Å². The maximum Gasteiger partial charge on any atom is 0.233 e. The SMILES string of the molecule is CN(Cc1ccncc1)c1nc(Cl)nc(CNC(=O)[C@H](CC2CCCC2)CN(O)C=O)c1F. The molecule has 2 N–H and O–H groups in total. The highest BCUT2D eigenvalue weighted by atomic mass is 35.5. The number of pyridine rings is 1. The molecule has 2 amide bonds. The van der Waals surface area contributed by atoms with Crippen LogP contribution in [0.4, 0.5) is 10.2 Å². The summed E-state index contributed by atoms with van der Waals surface area (Å²) in [6.07, 6.45) is 8.35. The summed E-state index contributed by atoms with van der Waals surface area (Å²) in [6.45, 7) is 0.0511. The molecule has 0 unspecified atom stereocenters. The third-order valence-corrected chi connectivity index (χ3v) is 6.00. The van der Waals surface area contributed by atoms with Crippen LogP contribution in [0.5, 0.6) is 0 Å². The van der Waals surface area contributed by atoms with Gasteiger partial charge in [0.15, 0.2) is 11.6 Å². The standard InChI is InChI=1S/C22H28ClFN6O3/c1-29(12-16-6-8-25-9-7-16)20-19(24)18(27-22(23)28-20)11-26-21(32)17(13-30(33)14-31)10-15-4-2-3-5-15/h6-9,14-15,17,33H,2-5,10-13H2,1H3,(H,26,32)/t17-/m1/s1. The highest BCUT2D eigenvalue weighted by Gasteiger charge is 2.27. The largest absolute Gasteiger partial charge is 0.353 e. The van der Waals surface area contributed by atoms with E-state index in [0.717, 1.165) is 31.2 Å². The molecule has 2 heterocycles. The molecule has 9 nitrogen and oxygen atoms in total. The first-order chi connectivity index (χ1) is 15.9. The Balaban J connectivity index is 1.69. The van der Waals surface area contributed by atoms with Crippen LogP contribution in [-0.4, -0.2) is 51.1 Å². The van der Waals surface area contributed by atoms with Crippen LogP contribution in [-0.2, 0) is 22.7 Å². The third-order valence-electron chi connectivity index (χ3n) is 5.83. The molecule has 0 bridgehead atoms. The van der Waals surface area contributed by atoms with Gasteiger partial charge >= 0.3 is 0 Å². The Morgan fingerprint density at radius 3 is 2.70 bits per heavy atom. The topological polar surface area (TPSA) is 112 Å². The Bertz CT molecular complexity index is 945. The van der Waals surface area contributed by atoms with Crippen molar-refractivity contribution in [2.24, 2.45) is 11.8 Å². The quantitative estimate of drug-likeness (QED) is 0.221. The first kappa shape index (κ1) is 24.8.